The quantitative estimate of drug-likeness (QED) is 0.353. The lowest BCUT2D eigenvalue weighted by Gasteiger charge is -2.12. The summed E-state index contributed by atoms with van der Waals surface area (Å²) in [4.78, 5) is 22.9. The van der Waals surface area contributed by atoms with Gasteiger partial charge in [-0.3, -0.25) is 4.79 Å². The molecule has 10 heteroatoms. The Bertz CT molecular complexity index is 1110. The molecule has 0 atom stereocenters. The van der Waals surface area contributed by atoms with Gasteiger partial charge in [0.15, 0.2) is 23.9 Å². The average Bonchev–Trinajstić information content (AvgIpc) is 3.09. The third-order valence-electron chi connectivity index (χ3n) is 3.67. The van der Waals surface area contributed by atoms with Crippen molar-refractivity contribution in [1.29, 1.82) is 0 Å². The first kappa shape index (κ1) is 20.9. The smallest absolute Gasteiger partial charge is 0.341 e. The van der Waals surface area contributed by atoms with E-state index < -0.39 is 18.5 Å². The van der Waals surface area contributed by atoms with Crippen molar-refractivity contribution in [3.8, 4) is 11.5 Å². The number of halogens is 2. The van der Waals surface area contributed by atoms with Crippen LogP contribution in [0.2, 0.25) is 0 Å². The topological polar surface area (TPSA) is 110 Å². The standard InChI is InChI=1S/C19H14Br2N2O6/c1-27-15-5-10(4-13(21)18(15)28-9-17(24)25)8-22-23-19(26)16-7-11-6-12(20)2-3-14(11)29-16/h2-8H,9H2,1H3,(H,23,26)(H,24,25)/b22-8+. The van der Waals surface area contributed by atoms with Gasteiger partial charge in [0.2, 0.25) is 0 Å². The van der Waals surface area contributed by atoms with Crippen molar-refractivity contribution in [3.05, 3.63) is 56.7 Å². The number of hydrogen-bond acceptors (Lipinski definition) is 6. The van der Waals surface area contributed by atoms with Crippen LogP contribution < -0.4 is 14.9 Å². The number of ether oxygens (including phenoxy) is 2. The SMILES string of the molecule is COc1cc(/C=N/NC(=O)c2cc3cc(Br)ccc3o2)cc(Br)c1OCC(=O)O. The van der Waals surface area contributed by atoms with Crippen molar-refractivity contribution in [2.75, 3.05) is 13.7 Å². The van der Waals surface area contributed by atoms with Crippen molar-refractivity contribution in [3.63, 3.8) is 0 Å². The molecule has 0 saturated carbocycles. The average molecular weight is 526 g/mol. The van der Waals surface area contributed by atoms with Crippen LogP contribution >= 0.6 is 31.9 Å². The van der Waals surface area contributed by atoms with Gasteiger partial charge in [0.05, 0.1) is 17.8 Å². The number of furan rings is 1. The van der Waals surface area contributed by atoms with Gasteiger partial charge >= 0.3 is 11.9 Å². The zero-order valence-corrected chi connectivity index (χ0v) is 18.1. The number of aliphatic carboxylic acids is 1. The Labute approximate surface area is 181 Å². The first-order chi connectivity index (χ1) is 13.9. The van der Waals surface area contributed by atoms with E-state index >= 15 is 0 Å². The van der Waals surface area contributed by atoms with E-state index in [2.05, 4.69) is 42.4 Å². The molecule has 0 saturated heterocycles. The third-order valence-corrected chi connectivity index (χ3v) is 4.76. The molecule has 29 heavy (non-hydrogen) atoms. The van der Waals surface area contributed by atoms with Gasteiger partial charge < -0.3 is 19.0 Å². The minimum absolute atomic E-state index is 0.131. The highest BCUT2D eigenvalue weighted by atomic mass is 79.9. The molecule has 1 amide bonds. The van der Waals surface area contributed by atoms with Gasteiger partial charge in [0, 0.05) is 9.86 Å². The first-order valence-corrected chi connectivity index (χ1v) is 9.70. The van der Waals surface area contributed by atoms with Crippen LogP contribution in [0.3, 0.4) is 0 Å². The molecule has 3 aromatic rings. The van der Waals surface area contributed by atoms with Crippen molar-refractivity contribution < 1.29 is 28.6 Å². The third kappa shape index (κ3) is 5.15. The first-order valence-electron chi connectivity index (χ1n) is 8.12. The normalized spacial score (nSPS) is 11.0. The van der Waals surface area contributed by atoms with Gasteiger partial charge in [-0.05, 0) is 57.9 Å². The lowest BCUT2D eigenvalue weighted by molar-refractivity contribution is -0.139. The number of rotatable bonds is 7. The minimum Gasteiger partial charge on any atom is -0.493 e. The Hall–Kier alpha value is -2.85. The molecule has 0 fully saturated rings. The molecule has 1 aromatic heterocycles. The Kier molecular flexibility index (Phi) is 6.55. The second-order valence-electron chi connectivity index (χ2n) is 5.71. The predicted molar refractivity (Wildman–Crippen MR) is 113 cm³/mol. The van der Waals surface area contributed by atoms with Crippen LogP contribution in [-0.4, -0.2) is 36.9 Å². The summed E-state index contributed by atoms with van der Waals surface area (Å²) in [6.45, 7) is -0.507. The zero-order chi connectivity index (χ0) is 21.0. The molecular formula is C19H14Br2N2O6. The van der Waals surface area contributed by atoms with E-state index in [0.717, 1.165) is 9.86 Å². The lowest BCUT2D eigenvalue weighted by atomic mass is 10.2. The number of nitrogens with zero attached hydrogens (tertiary/aromatic N) is 1. The van der Waals surface area contributed by atoms with Crippen LogP contribution in [0.4, 0.5) is 0 Å². The lowest BCUT2D eigenvalue weighted by Crippen LogP contribution is -2.16. The molecule has 0 unspecified atom stereocenters. The molecule has 2 aromatic carbocycles. The second kappa shape index (κ2) is 9.10. The highest BCUT2D eigenvalue weighted by Gasteiger charge is 2.14. The summed E-state index contributed by atoms with van der Waals surface area (Å²) in [6, 6.07) is 10.3. The van der Waals surface area contributed by atoms with Gasteiger partial charge in [0.1, 0.15) is 5.58 Å². The van der Waals surface area contributed by atoms with Crippen molar-refractivity contribution >= 4 is 60.9 Å². The van der Waals surface area contributed by atoms with E-state index in [1.165, 1.54) is 13.3 Å². The summed E-state index contributed by atoms with van der Waals surface area (Å²) in [7, 11) is 1.43. The second-order valence-corrected chi connectivity index (χ2v) is 7.48. The predicted octanol–water partition coefficient (Wildman–Crippen LogP) is 4.19. The number of hydrazone groups is 1. The number of carbonyl (C=O) groups is 2. The minimum atomic E-state index is -1.11. The highest BCUT2D eigenvalue weighted by molar-refractivity contribution is 9.10. The van der Waals surface area contributed by atoms with E-state index in [0.29, 0.717) is 21.4 Å². The molecule has 0 aliphatic rings. The van der Waals surface area contributed by atoms with E-state index in [9.17, 15) is 9.59 Å². The summed E-state index contributed by atoms with van der Waals surface area (Å²) in [5.74, 6) is -0.904. The number of nitrogens with one attached hydrogen (secondary N) is 1. The van der Waals surface area contributed by atoms with E-state index in [1.807, 2.05) is 12.1 Å². The molecule has 3 rings (SSSR count). The number of carboxylic acids is 1. The molecule has 8 nitrogen and oxygen atoms in total. The van der Waals surface area contributed by atoms with Crippen molar-refractivity contribution in [1.82, 2.24) is 5.43 Å². The fourth-order valence-electron chi connectivity index (χ4n) is 2.43. The van der Waals surface area contributed by atoms with Crippen LogP contribution in [-0.2, 0) is 4.79 Å². The number of benzene rings is 2. The van der Waals surface area contributed by atoms with Crippen LogP contribution in [0.1, 0.15) is 16.1 Å². The maximum Gasteiger partial charge on any atom is 0.341 e. The van der Waals surface area contributed by atoms with E-state index in [-0.39, 0.29) is 11.5 Å². The van der Waals surface area contributed by atoms with Crippen LogP contribution in [0.15, 0.2) is 54.9 Å². The molecule has 2 N–H and O–H groups in total. The number of carbonyl (C=O) groups excluding carboxylic acids is 1. The van der Waals surface area contributed by atoms with Crippen molar-refractivity contribution in [2.45, 2.75) is 0 Å². The number of amides is 1. The highest BCUT2D eigenvalue weighted by Crippen LogP contribution is 2.36. The molecular weight excluding hydrogens is 512 g/mol. The zero-order valence-electron chi connectivity index (χ0n) is 14.9. The molecule has 0 radical (unpaired) electrons. The number of fused-ring (bicyclic) bond motifs is 1. The molecule has 1 heterocycles. The van der Waals surface area contributed by atoms with E-state index in [1.54, 1.807) is 24.3 Å². The molecule has 150 valence electrons. The Morgan fingerprint density at radius 2 is 2.03 bits per heavy atom. The van der Waals surface area contributed by atoms with Crippen LogP contribution in [0.5, 0.6) is 11.5 Å². The summed E-state index contributed by atoms with van der Waals surface area (Å²) >= 11 is 6.67. The maximum atomic E-state index is 12.2. The van der Waals surface area contributed by atoms with Gasteiger partial charge in [-0.15, -0.1) is 0 Å². The number of methoxy groups -OCH3 is 1. The fourth-order valence-corrected chi connectivity index (χ4v) is 3.39. The van der Waals surface area contributed by atoms with Gasteiger partial charge in [-0.2, -0.15) is 5.10 Å². The monoisotopic (exact) mass is 524 g/mol. The van der Waals surface area contributed by atoms with Crippen LogP contribution in [0.25, 0.3) is 11.0 Å². The summed E-state index contributed by atoms with van der Waals surface area (Å²) in [5, 5.41) is 13.5. The number of carboxylic acid groups (broad SMARTS) is 1. The fraction of sp³-hybridized carbons (Fsp3) is 0.105. The number of hydrogen-bond donors (Lipinski definition) is 2. The summed E-state index contributed by atoms with van der Waals surface area (Å²) < 4.78 is 17.3. The van der Waals surface area contributed by atoms with Gasteiger partial charge in [0.25, 0.3) is 0 Å². The van der Waals surface area contributed by atoms with Gasteiger partial charge in [-0.1, -0.05) is 15.9 Å². The maximum absolute atomic E-state index is 12.2. The van der Waals surface area contributed by atoms with E-state index in [4.69, 9.17) is 19.0 Å². The van der Waals surface area contributed by atoms with Gasteiger partial charge in [-0.25, -0.2) is 10.2 Å². The Morgan fingerprint density at radius 3 is 2.76 bits per heavy atom. The molecule has 0 aliphatic carbocycles. The molecule has 0 bridgehead atoms. The molecule has 0 spiro atoms. The largest absolute Gasteiger partial charge is 0.493 e. The molecule has 0 aliphatic heterocycles. The van der Waals surface area contributed by atoms with Crippen molar-refractivity contribution in [2.24, 2.45) is 5.10 Å². The van der Waals surface area contributed by atoms with Crippen LogP contribution in [0, 0.1) is 0 Å². The summed E-state index contributed by atoms with van der Waals surface area (Å²) in [6.07, 6.45) is 1.41. The Balaban J connectivity index is 1.72. The Morgan fingerprint density at radius 1 is 1.24 bits per heavy atom. The summed E-state index contributed by atoms with van der Waals surface area (Å²) in [5.41, 5.74) is 3.57.